The van der Waals surface area contributed by atoms with Crippen LogP contribution in [0.15, 0.2) is 0 Å². The highest BCUT2D eigenvalue weighted by Crippen LogP contribution is 2.40. The largest absolute Gasteiger partial charge is 0.390 e. The number of hydrogen-bond acceptors (Lipinski definition) is 2. The molecule has 0 aromatic rings. The van der Waals surface area contributed by atoms with Crippen molar-refractivity contribution < 1.29 is 10.2 Å². The lowest BCUT2D eigenvalue weighted by molar-refractivity contribution is -0.121. The molecule has 0 aliphatic heterocycles. The van der Waals surface area contributed by atoms with E-state index in [1.165, 1.54) is 32.1 Å². The first-order valence-corrected chi connectivity index (χ1v) is 7.14. The SMILES string of the molecule is OC1CCCCCC1(O)C1CCCCCC1. The minimum Gasteiger partial charge on any atom is -0.390 e. The van der Waals surface area contributed by atoms with Crippen molar-refractivity contribution in [2.24, 2.45) is 5.92 Å². The van der Waals surface area contributed by atoms with Crippen LogP contribution >= 0.6 is 0 Å². The molecule has 0 amide bonds. The summed E-state index contributed by atoms with van der Waals surface area (Å²) in [6.07, 6.45) is 11.8. The van der Waals surface area contributed by atoms with Crippen LogP contribution in [0.3, 0.4) is 0 Å². The quantitative estimate of drug-likeness (QED) is 0.675. The molecule has 2 aliphatic rings. The first kappa shape index (κ1) is 12.4. The predicted molar refractivity (Wildman–Crippen MR) is 65.2 cm³/mol. The minimum absolute atomic E-state index is 0.350. The molecule has 2 rings (SSSR count). The Kier molecular flexibility index (Phi) is 4.26. The molecular weight excluding hydrogens is 200 g/mol. The molecule has 2 heteroatoms. The molecule has 94 valence electrons. The zero-order valence-electron chi connectivity index (χ0n) is 10.3. The Labute approximate surface area is 99.1 Å². The van der Waals surface area contributed by atoms with Crippen molar-refractivity contribution >= 4 is 0 Å². The summed E-state index contributed by atoms with van der Waals surface area (Å²) in [5.74, 6) is 0.350. The first-order valence-electron chi connectivity index (χ1n) is 7.14. The molecule has 0 aromatic heterocycles. The average Bonchev–Trinajstić information content (AvgIpc) is 2.63. The molecule has 0 bridgehead atoms. The van der Waals surface area contributed by atoms with Gasteiger partial charge in [0.05, 0.1) is 11.7 Å². The van der Waals surface area contributed by atoms with E-state index in [1.807, 2.05) is 0 Å². The van der Waals surface area contributed by atoms with Crippen LogP contribution in [-0.2, 0) is 0 Å². The number of rotatable bonds is 1. The third-order valence-electron chi connectivity index (χ3n) is 4.69. The monoisotopic (exact) mass is 226 g/mol. The van der Waals surface area contributed by atoms with Crippen LogP contribution < -0.4 is 0 Å². The fraction of sp³-hybridized carbons (Fsp3) is 1.00. The Morgan fingerprint density at radius 1 is 0.750 bits per heavy atom. The van der Waals surface area contributed by atoms with Gasteiger partial charge in [0, 0.05) is 0 Å². The second-order valence-electron chi connectivity index (χ2n) is 5.79. The Hall–Kier alpha value is -0.0800. The third kappa shape index (κ3) is 2.60. The van der Waals surface area contributed by atoms with Crippen molar-refractivity contribution in [2.75, 3.05) is 0 Å². The molecule has 2 unspecified atom stereocenters. The first-order chi connectivity index (χ1) is 7.73. The van der Waals surface area contributed by atoms with Crippen LogP contribution in [0.4, 0.5) is 0 Å². The Morgan fingerprint density at radius 3 is 2.00 bits per heavy atom. The van der Waals surface area contributed by atoms with Crippen LogP contribution in [0.2, 0.25) is 0 Å². The van der Waals surface area contributed by atoms with Gasteiger partial charge >= 0.3 is 0 Å². The second kappa shape index (κ2) is 5.50. The van der Waals surface area contributed by atoms with Crippen molar-refractivity contribution in [3.05, 3.63) is 0 Å². The summed E-state index contributed by atoms with van der Waals surface area (Å²) in [6.45, 7) is 0. The molecule has 0 heterocycles. The zero-order valence-corrected chi connectivity index (χ0v) is 10.3. The molecule has 2 nitrogen and oxygen atoms in total. The van der Waals surface area contributed by atoms with E-state index in [9.17, 15) is 10.2 Å². The van der Waals surface area contributed by atoms with Crippen LogP contribution in [0.1, 0.15) is 70.6 Å². The van der Waals surface area contributed by atoms with Crippen LogP contribution in [0.5, 0.6) is 0 Å². The van der Waals surface area contributed by atoms with Crippen LogP contribution in [0.25, 0.3) is 0 Å². The van der Waals surface area contributed by atoms with E-state index in [4.69, 9.17) is 0 Å². The summed E-state index contributed by atoms with van der Waals surface area (Å²) in [6, 6.07) is 0. The summed E-state index contributed by atoms with van der Waals surface area (Å²) in [4.78, 5) is 0. The summed E-state index contributed by atoms with van der Waals surface area (Å²) < 4.78 is 0. The van der Waals surface area contributed by atoms with E-state index in [-0.39, 0.29) is 0 Å². The molecule has 16 heavy (non-hydrogen) atoms. The maximum atomic E-state index is 10.8. The highest BCUT2D eigenvalue weighted by Gasteiger charge is 2.43. The number of hydrogen-bond donors (Lipinski definition) is 2. The fourth-order valence-corrected chi connectivity index (χ4v) is 3.59. The lowest BCUT2D eigenvalue weighted by Gasteiger charge is -2.39. The minimum atomic E-state index is -0.763. The van der Waals surface area contributed by atoms with Crippen molar-refractivity contribution in [1.82, 2.24) is 0 Å². The normalized spacial score (nSPS) is 39.0. The lowest BCUT2D eigenvalue weighted by atomic mass is 9.75. The van der Waals surface area contributed by atoms with E-state index >= 15 is 0 Å². The smallest absolute Gasteiger partial charge is 0.0933 e. The van der Waals surface area contributed by atoms with Gasteiger partial charge in [-0.2, -0.15) is 0 Å². The van der Waals surface area contributed by atoms with Gasteiger partial charge in [-0.3, -0.25) is 0 Å². The molecule has 2 atom stereocenters. The Bertz CT molecular complexity index is 209. The standard InChI is InChI=1S/C14H26O2/c15-13-10-6-3-7-11-14(13,16)12-8-4-1-2-5-9-12/h12-13,15-16H,1-11H2. The van der Waals surface area contributed by atoms with Gasteiger partial charge in [-0.15, -0.1) is 0 Å². The van der Waals surface area contributed by atoms with Gasteiger partial charge in [0.1, 0.15) is 0 Å². The van der Waals surface area contributed by atoms with Crippen molar-refractivity contribution in [1.29, 1.82) is 0 Å². The molecular formula is C14H26O2. The molecule has 0 aromatic carbocycles. The van der Waals surface area contributed by atoms with E-state index in [2.05, 4.69) is 0 Å². The van der Waals surface area contributed by atoms with Gasteiger partial charge in [-0.1, -0.05) is 44.9 Å². The lowest BCUT2D eigenvalue weighted by Crippen LogP contribution is -2.48. The van der Waals surface area contributed by atoms with Gasteiger partial charge in [-0.25, -0.2) is 0 Å². The van der Waals surface area contributed by atoms with Gasteiger partial charge in [0.25, 0.3) is 0 Å². The van der Waals surface area contributed by atoms with Gasteiger partial charge in [0.2, 0.25) is 0 Å². The number of aliphatic hydroxyl groups excluding tert-OH is 1. The second-order valence-corrected chi connectivity index (χ2v) is 5.79. The maximum Gasteiger partial charge on any atom is 0.0933 e. The summed E-state index contributed by atoms with van der Waals surface area (Å²) >= 11 is 0. The highest BCUT2D eigenvalue weighted by atomic mass is 16.3. The predicted octanol–water partition coefficient (Wildman–Crippen LogP) is 3.01. The van der Waals surface area contributed by atoms with Gasteiger partial charge < -0.3 is 10.2 Å². The molecule has 2 fully saturated rings. The van der Waals surface area contributed by atoms with Crippen molar-refractivity contribution in [2.45, 2.75) is 82.3 Å². The average molecular weight is 226 g/mol. The molecule has 2 saturated carbocycles. The summed E-state index contributed by atoms with van der Waals surface area (Å²) in [5, 5.41) is 21.0. The topological polar surface area (TPSA) is 40.5 Å². The van der Waals surface area contributed by atoms with Crippen LogP contribution in [0, 0.1) is 5.92 Å². The molecule has 2 N–H and O–H groups in total. The molecule has 0 radical (unpaired) electrons. The fourth-order valence-electron chi connectivity index (χ4n) is 3.59. The number of aliphatic hydroxyl groups is 2. The Morgan fingerprint density at radius 2 is 1.31 bits per heavy atom. The van der Waals surface area contributed by atoms with E-state index < -0.39 is 11.7 Å². The highest BCUT2D eigenvalue weighted by molar-refractivity contribution is 4.94. The Balaban J connectivity index is 2.06. The maximum absolute atomic E-state index is 10.8. The van der Waals surface area contributed by atoms with E-state index in [1.54, 1.807) is 0 Å². The zero-order chi connectivity index (χ0) is 11.4. The molecule has 0 saturated heterocycles. The molecule has 2 aliphatic carbocycles. The molecule has 0 spiro atoms. The van der Waals surface area contributed by atoms with Crippen molar-refractivity contribution in [3.63, 3.8) is 0 Å². The van der Waals surface area contributed by atoms with Crippen molar-refractivity contribution in [3.8, 4) is 0 Å². The van der Waals surface area contributed by atoms with Crippen LogP contribution in [-0.4, -0.2) is 21.9 Å². The van der Waals surface area contributed by atoms with Gasteiger partial charge in [0.15, 0.2) is 0 Å². The van der Waals surface area contributed by atoms with E-state index in [0.717, 1.165) is 38.5 Å². The summed E-state index contributed by atoms with van der Waals surface area (Å²) in [7, 11) is 0. The van der Waals surface area contributed by atoms with Gasteiger partial charge in [-0.05, 0) is 31.6 Å². The summed E-state index contributed by atoms with van der Waals surface area (Å²) in [5.41, 5.74) is -0.763. The third-order valence-corrected chi connectivity index (χ3v) is 4.69. The van der Waals surface area contributed by atoms with E-state index in [0.29, 0.717) is 5.92 Å².